The minimum Gasteiger partial charge on any atom is -0.335 e. The fourth-order valence-electron chi connectivity index (χ4n) is 4.35. The number of nitrogens with zero attached hydrogens (tertiary/aromatic N) is 5. The molecule has 0 saturated carbocycles. The maximum Gasteiger partial charge on any atom is 0.267 e. The van der Waals surface area contributed by atoms with E-state index in [2.05, 4.69) is 19.5 Å². The van der Waals surface area contributed by atoms with Crippen molar-refractivity contribution in [2.24, 2.45) is 0 Å². The lowest BCUT2D eigenvalue weighted by Gasteiger charge is -2.34. The second-order valence-corrected chi connectivity index (χ2v) is 9.71. The van der Waals surface area contributed by atoms with Gasteiger partial charge >= 0.3 is 0 Å². The molecule has 30 heavy (non-hydrogen) atoms. The van der Waals surface area contributed by atoms with Crippen LogP contribution in [-0.2, 0) is 25.8 Å². The van der Waals surface area contributed by atoms with Crippen molar-refractivity contribution in [3.8, 4) is 0 Å². The Kier molecular flexibility index (Phi) is 5.38. The average Bonchev–Trinajstić information content (AvgIpc) is 3.38. The molecule has 0 aromatic carbocycles. The minimum atomic E-state index is -0.00648. The molecule has 8 nitrogen and oxygen atoms in total. The van der Waals surface area contributed by atoms with Gasteiger partial charge in [0.15, 0.2) is 0 Å². The second kappa shape index (κ2) is 8.16. The summed E-state index contributed by atoms with van der Waals surface area (Å²) in [6, 6.07) is 0. The maximum atomic E-state index is 12.8. The van der Waals surface area contributed by atoms with Crippen LogP contribution in [0.25, 0.3) is 10.2 Å². The first-order chi connectivity index (χ1) is 14.6. The molecule has 0 unspecified atom stereocenters. The zero-order valence-corrected chi connectivity index (χ0v) is 18.6. The molecule has 0 radical (unpaired) electrons. The Morgan fingerprint density at radius 1 is 1.17 bits per heavy atom. The molecule has 3 aromatic rings. The van der Waals surface area contributed by atoms with Crippen LogP contribution >= 0.6 is 22.9 Å². The van der Waals surface area contributed by atoms with Gasteiger partial charge in [-0.05, 0) is 49.2 Å². The number of nitrogens with one attached hydrogen (secondary N) is 1. The zero-order valence-electron chi connectivity index (χ0n) is 16.9. The van der Waals surface area contributed by atoms with E-state index in [1.165, 1.54) is 28.4 Å². The number of amides is 1. The van der Waals surface area contributed by atoms with E-state index in [4.69, 9.17) is 4.98 Å². The Hall–Kier alpha value is -2.17. The average molecular weight is 445 g/mol. The lowest BCUT2D eigenvalue weighted by atomic mass is 9.97. The summed E-state index contributed by atoms with van der Waals surface area (Å²) in [6.45, 7) is 5.39. The number of fused-ring (bicyclic) bond motifs is 3. The molecule has 1 saturated heterocycles. The van der Waals surface area contributed by atoms with E-state index in [0.717, 1.165) is 48.3 Å². The first kappa shape index (κ1) is 19.8. The number of aromatic amines is 1. The summed E-state index contributed by atoms with van der Waals surface area (Å²) in [7, 11) is 0. The van der Waals surface area contributed by atoms with Gasteiger partial charge in [-0.25, -0.2) is 4.98 Å². The van der Waals surface area contributed by atoms with Crippen LogP contribution in [0.15, 0.2) is 4.79 Å². The Morgan fingerprint density at radius 2 is 1.97 bits per heavy atom. The van der Waals surface area contributed by atoms with E-state index in [9.17, 15) is 9.59 Å². The molecule has 10 heteroatoms. The molecule has 0 spiro atoms. The molecule has 1 aliphatic carbocycles. The Balaban J connectivity index is 1.27. The molecule has 1 fully saturated rings. The maximum absolute atomic E-state index is 12.8. The van der Waals surface area contributed by atoms with Crippen molar-refractivity contribution < 1.29 is 4.79 Å². The number of rotatable bonds is 4. The van der Waals surface area contributed by atoms with Crippen LogP contribution in [0.2, 0.25) is 0 Å². The predicted octanol–water partition coefficient (Wildman–Crippen LogP) is 2.24. The molecule has 0 atom stereocenters. The third-order valence-electron chi connectivity index (χ3n) is 5.99. The van der Waals surface area contributed by atoms with E-state index >= 15 is 0 Å². The summed E-state index contributed by atoms with van der Waals surface area (Å²) >= 11 is 2.86. The molecule has 5 rings (SSSR count). The number of carbonyl (C=O) groups is 1. The van der Waals surface area contributed by atoms with E-state index < -0.39 is 0 Å². The van der Waals surface area contributed by atoms with Crippen LogP contribution in [-0.4, -0.2) is 61.4 Å². The smallest absolute Gasteiger partial charge is 0.267 e. The SMILES string of the molecule is CCc1nnsc1C(=O)N1CCN(Cc2nc3sc4c(c3c(=O)[nH]2)CCCC4)CC1. The summed E-state index contributed by atoms with van der Waals surface area (Å²) in [5.41, 5.74) is 1.99. The molecule has 2 aliphatic rings. The van der Waals surface area contributed by atoms with Crippen molar-refractivity contribution in [2.45, 2.75) is 45.6 Å². The van der Waals surface area contributed by atoms with Gasteiger partial charge in [-0.2, -0.15) is 0 Å². The quantitative estimate of drug-likeness (QED) is 0.663. The van der Waals surface area contributed by atoms with E-state index in [1.807, 2.05) is 11.8 Å². The summed E-state index contributed by atoms with van der Waals surface area (Å²) in [4.78, 5) is 40.3. The number of aromatic nitrogens is 4. The van der Waals surface area contributed by atoms with Gasteiger partial charge in [-0.3, -0.25) is 14.5 Å². The predicted molar refractivity (Wildman–Crippen MR) is 117 cm³/mol. The highest BCUT2D eigenvalue weighted by molar-refractivity contribution is 7.18. The molecule has 3 aromatic heterocycles. The van der Waals surface area contributed by atoms with Crippen LogP contribution in [0.4, 0.5) is 0 Å². The second-order valence-electron chi connectivity index (χ2n) is 7.87. The van der Waals surface area contributed by atoms with Gasteiger partial charge in [0.1, 0.15) is 15.5 Å². The van der Waals surface area contributed by atoms with Crippen LogP contribution in [0.1, 0.15) is 51.4 Å². The monoisotopic (exact) mass is 444 g/mol. The van der Waals surface area contributed by atoms with Crippen molar-refractivity contribution in [3.63, 3.8) is 0 Å². The Bertz CT molecular complexity index is 1140. The standard InChI is InChI=1S/C20H24N6O2S2/c1-2-13-17(30-24-23-13)20(28)26-9-7-25(8-10-26)11-15-21-18(27)16-12-5-3-4-6-14(12)29-19(16)22-15/h2-11H2,1H3,(H,21,22,27). The van der Waals surface area contributed by atoms with Gasteiger partial charge in [0.2, 0.25) is 0 Å². The largest absolute Gasteiger partial charge is 0.335 e. The first-order valence-electron chi connectivity index (χ1n) is 10.5. The van der Waals surface area contributed by atoms with Gasteiger partial charge in [0, 0.05) is 31.1 Å². The Morgan fingerprint density at radius 3 is 2.77 bits per heavy atom. The molecule has 1 N–H and O–H groups in total. The fraction of sp³-hybridized carbons (Fsp3) is 0.550. The van der Waals surface area contributed by atoms with Crippen molar-refractivity contribution in [3.05, 3.63) is 37.2 Å². The molecular weight excluding hydrogens is 420 g/mol. The molecule has 1 amide bonds. The van der Waals surface area contributed by atoms with Crippen LogP contribution in [0.5, 0.6) is 0 Å². The van der Waals surface area contributed by atoms with Crippen molar-refractivity contribution >= 4 is 39.0 Å². The van der Waals surface area contributed by atoms with Crippen LogP contribution in [0.3, 0.4) is 0 Å². The Labute approximate surface area is 182 Å². The van der Waals surface area contributed by atoms with Crippen molar-refractivity contribution in [2.75, 3.05) is 26.2 Å². The van der Waals surface area contributed by atoms with Crippen LogP contribution in [0, 0.1) is 0 Å². The van der Waals surface area contributed by atoms with Crippen molar-refractivity contribution in [1.82, 2.24) is 29.4 Å². The van der Waals surface area contributed by atoms with Gasteiger partial charge in [-0.1, -0.05) is 11.4 Å². The molecular formula is C20H24N6O2S2. The van der Waals surface area contributed by atoms with E-state index in [0.29, 0.717) is 36.8 Å². The summed E-state index contributed by atoms with van der Waals surface area (Å²) in [5, 5.41) is 4.85. The van der Waals surface area contributed by atoms with Gasteiger partial charge in [0.05, 0.1) is 17.6 Å². The first-order valence-corrected chi connectivity index (χ1v) is 12.1. The highest BCUT2D eigenvalue weighted by Crippen LogP contribution is 2.33. The zero-order chi connectivity index (χ0) is 20.7. The molecule has 158 valence electrons. The lowest BCUT2D eigenvalue weighted by molar-refractivity contribution is 0.0629. The summed E-state index contributed by atoms with van der Waals surface area (Å²) < 4.78 is 3.93. The number of piperazine rings is 1. The third-order valence-corrected chi connectivity index (χ3v) is 7.93. The van der Waals surface area contributed by atoms with E-state index in [-0.39, 0.29) is 11.5 Å². The fourth-order valence-corrected chi connectivity index (χ4v) is 6.35. The minimum absolute atomic E-state index is 0.00648. The number of hydrogen-bond acceptors (Lipinski definition) is 8. The van der Waals surface area contributed by atoms with E-state index in [1.54, 1.807) is 11.3 Å². The number of hydrogen-bond donors (Lipinski definition) is 1. The normalized spacial score (nSPS) is 17.4. The van der Waals surface area contributed by atoms with Gasteiger partial charge in [-0.15, -0.1) is 16.4 Å². The van der Waals surface area contributed by atoms with Crippen LogP contribution < -0.4 is 5.56 Å². The number of thiophene rings is 1. The number of carbonyl (C=O) groups excluding carboxylic acids is 1. The lowest BCUT2D eigenvalue weighted by Crippen LogP contribution is -2.48. The third kappa shape index (κ3) is 3.57. The highest BCUT2D eigenvalue weighted by Gasteiger charge is 2.26. The summed E-state index contributed by atoms with van der Waals surface area (Å²) in [5.74, 6) is 0.740. The number of H-pyrrole nitrogens is 1. The van der Waals surface area contributed by atoms with Gasteiger partial charge < -0.3 is 9.88 Å². The van der Waals surface area contributed by atoms with Gasteiger partial charge in [0.25, 0.3) is 11.5 Å². The van der Waals surface area contributed by atoms with Crippen molar-refractivity contribution in [1.29, 1.82) is 0 Å². The topological polar surface area (TPSA) is 95.1 Å². The summed E-state index contributed by atoms with van der Waals surface area (Å²) in [6.07, 6.45) is 5.12. The number of aryl methyl sites for hydroxylation is 3. The molecule has 0 bridgehead atoms. The molecule has 1 aliphatic heterocycles. The molecule has 4 heterocycles. The highest BCUT2D eigenvalue weighted by atomic mass is 32.1.